The van der Waals surface area contributed by atoms with Crippen molar-refractivity contribution in [3.8, 4) is 0 Å². The van der Waals surface area contributed by atoms with E-state index < -0.39 is 0 Å². The zero-order valence-corrected chi connectivity index (χ0v) is 12.2. The minimum absolute atomic E-state index is 0.711. The first-order valence-electron chi connectivity index (χ1n) is 7.20. The van der Waals surface area contributed by atoms with E-state index in [-0.39, 0.29) is 0 Å². The summed E-state index contributed by atoms with van der Waals surface area (Å²) in [6.07, 6.45) is 1.16. The number of hydrogen-bond acceptors (Lipinski definition) is 5. The van der Waals surface area contributed by atoms with Gasteiger partial charge in [0, 0.05) is 38.8 Å². The van der Waals surface area contributed by atoms with Gasteiger partial charge in [0.1, 0.15) is 17.5 Å². The largest absolute Gasteiger partial charge is 0.370 e. The van der Waals surface area contributed by atoms with Crippen LogP contribution in [0, 0.1) is 12.8 Å². The van der Waals surface area contributed by atoms with Crippen LogP contribution in [0.3, 0.4) is 0 Å². The number of hydrogen-bond donors (Lipinski definition) is 2. The van der Waals surface area contributed by atoms with E-state index in [1.165, 1.54) is 0 Å². The first-order valence-corrected chi connectivity index (χ1v) is 7.20. The van der Waals surface area contributed by atoms with Crippen LogP contribution in [-0.4, -0.2) is 42.7 Å². The first-order chi connectivity index (χ1) is 9.15. The van der Waals surface area contributed by atoms with Crippen LogP contribution in [0.5, 0.6) is 0 Å². The third-order valence-electron chi connectivity index (χ3n) is 3.29. The van der Waals surface area contributed by atoms with Crippen LogP contribution >= 0.6 is 0 Å². The van der Waals surface area contributed by atoms with Crippen LogP contribution in [0.25, 0.3) is 0 Å². The molecular formula is C14H25N5. The summed E-state index contributed by atoms with van der Waals surface area (Å²) in [5.41, 5.74) is 0. The molecule has 2 N–H and O–H groups in total. The predicted octanol–water partition coefficient (Wildman–Crippen LogP) is 1.65. The van der Waals surface area contributed by atoms with E-state index in [2.05, 4.69) is 45.4 Å². The van der Waals surface area contributed by atoms with E-state index in [4.69, 9.17) is 0 Å². The third-order valence-corrected chi connectivity index (χ3v) is 3.29. The number of nitrogens with zero attached hydrogens (tertiary/aromatic N) is 3. The Labute approximate surface area is 115 Å². The van der Waals surface area contributed by atoms with Crippen molar-refractivity contribution in [1.29, 1.82) is 0 Å². The lowest BCUT2D eigenvalue weighted by atomic mass is 10.1. The second-order valence-electron chi connectivity index (χ2n) is 5.50. The Morgan fingerprint density at radius 1 is 1.32 bits per heavy atom. The fourth-order valence-electron chi connectivity index (χ4n) is 2.19. The molecule has 1 saturated heterocycles. The Hall–Kier alpha value is -1.36. The molecule has 1 aromatic rings. The first kappa shape index (κ1) is 14.1. The standard InChI is InChI=1S/C14H25N5/c1-11(2)4-5-16-13-10-14(18-12(3)17-13)19-8-6-15-7-9-19/h10-11,15H,4-9H2,1-3H3,(H,16,17,18). The lowest BCUT2D eigenvalue weighted by Gasteiger charge is -2.28. The molecule has 0 spiro atoms. The molecule has 0 amide bonds. The highest BCUT2D eigenvalue weighted by Gasteiger charge is 2.13. The highest BCUT2D eigenvalue weighted by molar-refractivity contribution is 5.49. The van der Waals surface area contributed by atoms with Gasteiger partial charge in [-0.25, -0.2) is 9.97 Å². The molecule has 5 heteroatoms. The monoisotopic (exact) mass is 263 g/mol. The van der Waals surface area contributed by atoms with Gasteiger partial charge in [-0.15, -0.1) is 0 Å². The SMILES string of the molecule is Cc1nc(NCCC(C)C)cc(N2CCNCC2)n1. The average Bonchev–Trinajstić information content (AvgIpc) is 2.39. The van der Waals surface area contributed by atoms with Gasteiger partial charge >= 0.3 is 0 Å². The highest BCUT2D eigenvalue weighted by atomic mass is 15.2. The Morgan fingerprint density at radius 3 is 2.74 bits per heavy atom. The summed E-state index contributed by atoms with van der Waals surface area (Å²) in [6.45, 7) is 11.5. The van der Waals surface area contributed by atoms with Gasteiger partial charge in [0.15, 0.2) is 0 Å². The Morgan fingerprint density at radius 2 is 2.05 bits per heavy atom. The molecule has 0 radical (unpaired) electrons. The Kier molecular flexibility index (Phi) is 4.96. The summed E-state index contributed by atoms with van der Waals surface area (Å²) in [7, 11) is 0. The molecule has 0 atom stereocenters. The fraction of sp³-hybridized carbons (Fsp3) is 0.714. The van der Waals surface area contributed by atoms with Gasteiger partial charge in [0.25, 0.3) is 0 Å². The van der Waals surface area contributed by atoms with Gasteiger partial charge in [-0.3, -0.25) is 0 Å². The normalized spacial score (nSPS) is 15.9. The van der Waals surface area contributed by atoms with Gasteiger partial charge in [-0.05, 0) is 19.3 Å². The summed E-state index contributed by atoms with van der Waals surface area (Å²) in [5, 5.41) is 6.76. The van der Waals surface area contributed by atoms with Crippen molar-refractivity contribution in [2.45, 2.75) is 27.2 Å². The molecule has 106 valence electrons. The van der Waals surface area contributed by atoms with Gasteiger partial charge in [0.2, 0.25) is 0 Å². The number of nitrogens with one attached hydrogen (secondary N) is 2. The van der Waals surface area contributed by atoms with Crippen LogP contribution in [0.15, 0.2) is 6.07 Å². The van der Waals surface area contributed by atoms with Gasteiger partial charge < -0.3 is 15.5 Å². The summed E-state index contributed by atoms with van der Waals surface area (Å²) < 4.78 is 0. The Bertz CT molecular complexity index is 399. The number of aromatic nitrogens is 2. The summed E-state index contributed by atoms with van der Waals surface area (Å²) in [6, 6.07) is 2.07. The molecule has 19 heavy (non-hydrogen) atoms. The average molecular weight is 263 g/mol. The molecule has 2 rings (SSSR count). The minimum atomic E-state index is 0.711. The molecule has 0 aliphatic carbocycles. The molecule has 1 fully saturated rings. The minimum Gasteiger partial charge on any atom is -0.370 e. The maximum absolute atomic E-state index is 4.55. The second kappa shape index (κ2) is 6.70. The lowest BCUT2D eigenvalue weighted by molar-refractivity contribution is 0.584. The summed E-state index contributed by atoms with van der Waals surface area (Å²) in [5.74, 6) is 3.54. The van der Waals surface area contributed by atoms with Crippen LogP contribution in [-0.2, 0) is 0 Å². The van der Waals surface area contributed by atoms with E-state index in [1.807, 2.05) is 6.92 Å². The van der Waals surface area contributed by atoms with Gasteiger partial charge in [-0.1, -0.05) is 13.8 Å². The smallest absolute Gasteiger partial charge is 0.134 e. The molecule has 0 aromatic carbocycles. The molecule has 2 heterocycles. The van der Waals surface area contributed by atoms with Crippen molar-refractivity contribution in [2.75, 3.05) is 42.9 Å². The summed E-state index contributed by atoms with van der Waals surface area (Å²) >= 11 is 0. The van der Waals surface area contributed by atoms with E-state index in [9.17, 15) is 0 Å². The molecule has 1 aliphatic heterocycles. The molecule has 5 nitrogen and oxygen atoms in total. The van der Waals surface area contributed by atoms with E-state index >= 15 is 0 Å². The van der Waals surface area contributed by atoms with Crippen LogP contribution in [0.1, 0.15) is 26.1 Å². The lowest BCUT2D eigenvalue weighted by Crippen LogP contribution is -2.44. The number of rotatable bonds is 5. The maximum atomic E-state index is 4.55. The molecular weight excluding hydrogens is 238 g/mol. The van der Waals surface area contributed by atoms with Crippen LogP contribution in [0.4, 0.5) is 11.6 Å². The fourth-order valence-corrected chi connectivity index (χ4v) is 2.19. The highest BCUT2D eigenvalue weighted by Crippen LogP contribution is 2.16. The predicted molar refractivity (Wildman–Crippen MR) is 79.8 cm³/mol. The zero-order chi connectivity index (χ0) is 13.7. The summed E-state index contributed by atoms with van der Waals surface area (Å²) in [4.78, 5) is 11.3. The molecule has 0 bridgehead atoms. The van der Waals surface area contributed by atoms with Crippen molar-refractivity contribution in [2.24, 2.45) is 5.92 Å². The molecule has 1 aliphatic rings. The quantitative estimate of drug-likeness (QED) is 0.846. The van der Waals surface area contributed by atoms with E-state index in [1.54, 1.807) is 0 Å². The number of aryl methyl sites for hydroxylation is 1. The van der Waals surface area contributed by atoms with Crippen molar-refractivity contribution < 1.29 is 0 Å². The third kappa shape index (κ3) is 4.35. The van der Waals surface area contributed by atoms with E-state index in [0.29, 0.717) is 5.92 Å². The van der Waals surface area contributed by atoms with Crippen LogP contribution < -0.4 is 15.5 Å². The van der Waals surface area contributed by atoms with Crippen molar-refractivity contribution >= 4 is 11.6 Å². The van der Waals surface area contributed by atoms with Gasteiger partial charge in [0.05, 0.1) is 0 Å². The molecule has 0 saturated carbocycles. The van der Waals surface area contributed by atoms with Crippen molar-refractivity contribution in [1.82, 2.24) is 15.3 Å². The zero-order valence-electron chi connectivity index (χ0n) is 12.2. The van der Waals surface area contributed by atoms with Crippen LogP contribution in [0.2, 0.25) is 0 Å². The topological polar surface area (TPSA) is 53.1 Å². The van der Waals surface area contributed by atoms with Crippen molar-refractivity contribution in [3.63, 3.8) is 0 Å². The van der Waals surface area contributed by atoms with E-state index in [0.717, 1.165) is 56.6 Å². The number of anilines is 2. The Balaban J connectivity index is 2.01. The van der Waals surface area contributed by atoms with Gasteiger partial charge in [-0.2, -0.15) is 0 Å². The maximum Gasteiger partial charge on any atom is 0.134 e. The number of piperazine rings is 1. The molecule has 1 aromatic heterocycles. The molecule has 0 unspecified atom stereocenters. The second-order valence-corrected chi connectivity index (χ2v) is 5.50. The van der Waals surface area contributed by atoms with Crippen molar-refractivity contribution in [3.05, 3.63) is 11.9 Å².